The largest absolute Gasteiger partial charge is 0.508 e. The number of esters is 1. The zero-order valence-corrected chi connectivity index (χ0v) is 39.1. The predicted molar refractivity (Wildman–Crippen MR) is 244 cm³/mol. The van der Waals surface area contributed by atoms with Gasteiger partial charge in [-0.05, 0) is 92.9 Å². The quantitative estimate of drug-likeness (QED) is 0.0274. The van der Waals surface area contributed by atoms with Gasteiger partial charge in [0.15, 0.2) is 6.10 Å². The molecular formula is C47H68N6O10S. The van der Waals surface area contributed by atoms with Crippen LogP contribution < -0.4 is 16.4 Å². The molecule has 7 atom stereocenters. The number of nitrogens with zero attached hydrogens (tertiary/aromatic N) is 3. The molecule has 1 aliphatic heterocycles. The molecule has 352 valence electrons. The Morgan fingerprint density at radius 1 is 0.969 bits per heavy atom. The lowest BCUT2D eigenvalue weighted by Crippen LogP contribution is -2.58. The lowest BCUT2D eigenvalue weighted by Gasteiger charge is -2.39. The van der Waals surface area contributed by atoms with Crippen molar-refractivity contribution >= 4 is 46.7 Å². The fraction of sp³-hybridized carbons (Fsp3) is 0.574. The first-order valence-electron chi connectivity index (χ1n) is 22.3. The summed E-state index contributed by atoms with van der Waals surface area (Å²) in [5, 5.41) is 28.6. The maximum Gasteiger partial charge on any atom is 0.306 e. The number of nitrogens with two attached hydrogens (primary N) is 1. The van der Waals surface area contributed by atoms with Crippen molar-refractivity contribution in [1.82, 2.24) is 25.6 Å². The molecule has 3 aromatic rings. The molecule has 0 saturated carbocycles. The van der Waals surface area contributed by atoms with E-state index in [0.29, 0.717) is 49.6 Å². The maximum atomic E-state index is 14.9. The number of thiazole rings is 1. The molecule has 64 heavy (non-hydrogen) atoms. The number of aliphatic carboxylic acids is 1. The van der Waals surface area contributed by atoms with Crippen LogP contribution in [0, 0.1) is 17.8 Å². The average Bonchev–Trinajstić information content (AvgIpc) is 3.76. The SMILES string of the molecule is CCC(C)C(NC(=O)[C@H]1CCCCN1C)C(=O)N(OCCCOCc1ccc(N)cc1)C(CC(OC(C)=O)c1nc(C(=O)NC(Cc2ccc(O)cc2)CC(C)C(=O)O)cs1)C(C)C. The summed E-state index contributed by atoms with van der Waals surface area (Å²) in [4.78, 5) is 80.0. The van der Waals surface area contributed by atoms with Gasteiger partial charge in [0, 0.05) is 37.1 Å². The van der Waals surface area contributed by atoms with Crippen LogP contribution >= 0.6 is 11.3 Å². The number of aromatic nitrogens is 1. The third kappa shape index (κ3) is 15.9. The first kappa shape index (κ1) is 51.5. The number of rotatable bonds is 25. The highest BCUT2D eigenvalue weighted by Gasteiger charge is 2.40. The van der Waals surface area contributed by atoms with E-state index >= 15 is 0 Å². The lowest BCUT2D eigenvalue weighted by atomic mass is 9.93. The van der Waals surface area contributed by atoms with Crippen molar-refractivity contribution in [3.63, 3.8) is 0 Å². The van der Waals surface area contributed by atoms with Gasteiger partial charge < -0.3 is 36.1 Å². The van der Waals surface area contributed by atoms with Crippen LogP contribution in [0.4, 0.5) is 5.69 Å². The van der Waals surface area contributed by atoms with Crippen molar-refractivity contribution < 1.29 is 48.5 Å². The van der Waals surface area contributed by atoms with Gasteiger partial charge in [-0.3, -0.25) is 33.7 Å². The van der Waals surface area contributed by atoms with E-state index in [0.717, 1.165) is 41.9 Å². The Bertz CT molecular complexity index is 1960. The van der Waals surface area contributed by atoms with Crippen LogP contribution in [0.1, 0.15) is 119 Å². The van der Waals surface area contributed by atoms with Gasteiger partial charge in [0.25, 0.3) is 11.8 Å². The van der Waals surface area contributed by atoms with Crippen molar-refractivity contribution in [3.05, 3.63) is 75.7 Å². The number of anilines is 1. The van der Waals surface area contributed by atoms with E-state index in [1.165, 1.54) is 24.1 Å². The number of nitrogen functional groups attached to an aromatic ring is 1. The molecule has 4 rings (SSSR count). The Kier molecular flexibility index (Phi) is 20.5. The minimum atomic E-state index is -1.00. The smallest absolute Gasteiger partial charge is 0.306 e. The molecule has 6 unspecified atom stereocenters. The predicted octanol–water partition coefficient (Wildman–Crippen LogP) is 6.28. The number of carbonyl (C=O) groups excluding carboxylic acids is 4. The fourth-order valence-electron chi connectivity index (χ4n) is 7.62. The Balaban J connectivity index is 1.59. The van der Waals surface area contributed by atoms with Crippen molar-refractivity contribution in [2.45, 2.75) is 130 Å². The van der Waals surface area contributed by atoms with E-state index < -0.39 is 53.9 Å². The van der Waals surface area contributed by atoms with Crippen LogP contribution in [0.2, 0.25) is 0 Å². The van der Waals surface area contributed by atoms with Crippen LogP contribution in [0.25, 0.3) is 0 Å². The number of phenolic OH excluding ortho intramolecular Hbond substituents is 1. The Morgan fingerprint density at radius 3 is 2.28 bits per heavy atom. The molecule has 0 bridgehead atoms. The number of aromatic hydroxyl groups is 1. The molecule has 3 amide bonds. The zero-order chi connectivity index (χ0) is 46.9. The third-order valence-electron chi connectivity index (χ3n) is 11.7. The summed E-state index contributed by atoms with van der Waals surface area (Å²) in [6, 6.07) is 11.3. The van der Waals surface area contributed by atoms with E-state index in [1.807, 2.05) is 63.9 Å². The molecule has 1 aromatic heterocycles. The van der Waals surface area contributed by atoms with Crippen LogP contribution in [0.5, 0.6) is 5.75 Å². The molecule has 0 spiro atoms. The van der Waals surface area contributed by atoms with Crippen LogP contribution in [0.15, 0.2) is 53.9 Å². The first-order valence-corrected chi connectivity index (χ1v) is 23.2. The van der Waals surface area contributed by atoms with Crippen LogP contribution in [-0.4, -0.2) is 106 Å². The van der Waals surface area contributed by atoms with E-state index in [9.17, 15) is 34.2 Å². The van der Waals surface area contributed by atoms with E-state index in [4.69, 9.17) is 20.0 Å². The Labute approximate surface area is 381 Å². The van der Waals surface area contributed by atoms with Gasteiger partial charge in [0.2, 0.25) is 5.91 Å². The van der Waals surface area contributed by atoms with Gasteiger partial charge in [0.1, 0.15) is 22.5 Å². The number of likely N-dealkylation sites (tertiary alicyclic amines) is 1. The number of carboxylic acid groups (broad SMARTS) is 1. The second-order valence-electron chi connectivity index (χ2n) is 17.2. The number of carboxylic acids is 1. The van der Waals surface area contributed by atoms with Crippen LogP contribution in [-0.2, 0) is 46.5 Å². The number of hydrogen-bond acceptors (Lipinski definition) is 13. The Morgan fingerprint density at radius 2 is 1.66 bits per heavy atom. The molecule has 0 radical (unpaired) electrons. The van der Waals surface area contributed by atoms with Gasteiger partial charge in [-0.15, -0.1) is 11.3 Å². The van der Waals surface area contributed by atoms with Crippen molar-refractivity contribution in [3.8, 4) is 5.75 Å². The number of hydroxylamine groups is 2. The monoisotopic (exact) mass is 908 g/mol. The molecule has 1 saturated heterocycles. The molecule has 1 aliphatic rings. The highest BCUT2D eigenvalue weighted by molar-refractivity contribution is 7.09. The maximum absolute atomic E-state index is 14.9. The van der Waals surface area contributed by atoms with Crippen molar-refractivity contribution in [2.24, 2.45) is 17.8 Å². The van der Waals surface area contributed by atoms with Gasteiger partial charge >= 0.3 is 11.9 Å². The van der Waals surface area contributed by atoms with Gasteiger partial charge in [-0.1, -0.05) is 71.7 Å². The number of carbonyl (C=O) groups is 5. The summed E-state index contributed by atoms with van der Waals surface area (Å²) >= 11 is 1.12. The molecular weight excluding hydrogens is 841 g/mol. The minimum Gasteiger partial charge on any atom is -0.508 e. The summed E-state index contributed by atoms with van der Waals surface area (Å²) in [6.45, 7) is 12.2. The first-order chi connectivity index (χ1) is 30.5. The number of piperidine rings is 1. The summed E-state index contributed by atoms with van der Waals surface area (Å²) in [5.41, 5.74) is 8.28. The molecule has 1 fully saturated rings. The molecule has 0 aliphatic carbocycles. The van der Waals surface area contributed by atoms with E-state index in [1.54, 1.807) is 24.4 Å². The van der Waals surface area contributed by atoms with E-state index in [2.05, 4.69) is 15.6 Å². The second-order valence-corrected chi connectivity index (χ2v) is 18.1. The number of benzene rings is 2. The number of phenols is 1. The standard InChI is InChI=1S/C47H68N6O10S/c1-8-30(4)42(51-44(57)39-12-9-10-21-52(39)7)46(58)53(62-23-11-22-61-27-34-13-17-35(48)18-14-34)40(29(2)3)26-41(63-32(6)54)45-50-38(28-64-45)43(56)49-36(24-31(5)47(59)60)25-33-15-19-37(55)20-16-33/h13-20,28-31,36,39-42,55H,8-12,21-27,48H2,1-7H3,(H,49,56)(H,51,57)(H,59,60)/t30?,31?,36?,39-,40?,41?,42?/m1/s1. The highest BCUT2D eigenvalue weighted by atomic mass is 32.1. The minimum absolute atomic E-state index is 0.0484. The van der Waals surface area contributed by atoms with Crippen molar-refractivity contribution in [2.75, 3.05) is 32.5 Å². The van der Waals surface area contributed by atoms with Gasteiger partial charge in [-0.2, -0.15) is 0 Å². The molecule has 17 heteroatoms. The third-order valence-corrected chi connectivity index (χ3v) is 12.6. The number of nitrogens with one attached hydrogen (secondary N) is 2. The summed E-state index contributed by atoms with van der Waals surface area (Å²) in [5.74, 6) is -3.96. The molecule has 2 heterocycles. The van der Waals surface area contributed by atoms with Crippen molar-refractivity contribution in [1.29, 1.82) is 0 Å². The average molecular weight is 909 g/mol. The molecule has 6 N–H and O–H groups in total. The van der Waals surface area contributed by atoms with Gasteiger partial charge in [-0.25, -0.2) is 10.0 Å². The number of ether oxygens (including phenoxy) is 2. The summed E-state index contributed by atoms with van der Waals surface area (Å²) in [6.07, 6.45) is 3.14. The van der Waals surface area contributed by atoms with E-state index in [-0.39, 0.29) is 54.7 Å². The number of hydrogen-bond donors (Lipinski definition) is 5. The topological polar surface area (TPSA) is 223 Å². The number of amides is 3. The summed E-state index contributed by atoms with van der Waals surface area (Å²) in [7, 11) is 1.92. The fourth-order valence-corrected chi connectivity index (χ4v) is 8.46. The van der Waals surface area contributed by atoms with Gasteiger partial charge in [0.05, 0.1) is 31.2 Å². The zero-order valence-electron chi connectivity index (χ0n) is 38.3. The lowest BCUT2D eigenvalue weighted by molar-refractivity contribution is -0.214. The van der Waals surface area contributed by atoms with Crippen LogP contribution in [0.3, 0.4) is 0 Å². The second kappa shape index (κ2) is 25.4. The number of likely N-dealkylation sites (N-methyl/N-ethyl adjacent to an activating group) is 1. The highest BCUT2D eigenvalue weighted by Crippen LogP contribution is 2.32. The molecule has 16 nitrogen and oxygen atoms in total. The Hall–Kier alpha value is -5.10. The summed E-state index contributed by atoms with van der Waals surface area (Å²) < 4.78 is 11.8. The normalized spacial score (nSPS) is 17.1. The molecule has 2 aromatic carbocycles.